The topological polar surface area (TPSA) is 83.4 Å². The Morgan fingerprint density at radius 2 is 1.77 bits per heavy atom. The highest BCUT2D eigenvalue weighted by Gasteiger charge is 2.14. The predicted octanol–water partition coefficient (Wildman–Crippen LogP) is 2.93. The number of furan rings is 1. The Hall–Kier alpha value is -2.93. The molecule has 1 aromatic carbocycles. The number of hydrazine groups is 1. The first kappa shape index (κ1) is 19.4. The van der Waals surface area contributed by atoms with Gasteiger partial charge in [0.05, 0.1) is 6.26 Å². The molecule has 2 aromatic rings. The Kier molecular flexibility index (Phi) is 6.30. The molecule has 0 atom stereocenters. The van der Waals surface area contributed by atoms with Crippen LogP contribution in [0.3, 0.4) is 0 Å². The van der Waals surface area contributed by atoms with Crippen LogP contribution in [0, 0.1) is 0 Å². The van der Waals surface area contributed by atoms with Crippen LogP contribution in [0.1, 0.15) is 42.5 Å². The minimum Gasteiger partial charge on any atom is -0.465 e. The lowest BCUT2D eigenvalue weighted by molar-refractivity contribution is -0.115. The molecule has 0 fully saturated rings. The van der Waals surface area contributed by atoms with Crippen molar-refractivity contribution in [2.45, 2.75) is 26.2 Å². The third-order valence-corrected chi connectivity index (χ3v) is 3.69. The number of amides is 2. The van der Waals surface area contributed by atoms with Gasteiger partial charge in [0.1, 0.15) is 5.76 Å². The summed E-state index contributed by atoms with van der Waals surface area (Å²) in [5.74, 6) is -0.248. The van der Waals surface area contributed by atoms with Gasteiger partial charge in [0.2, 0.25) is 5.91 Å². The van der Waals surface area contributed by atoms with Gasteiger partial charge in [-0.25, -0.2) is 0 Å². The highest BCUT2D eigenvalue weighted by atomic mass is 32.1. The number of hydrogen-bond donors (Lipinski definition) is 3. The second-order valence-electron chi connectivity index (χ2n) is 6.57. The Balaban J connectivity index is 1.81. The standard InChI is InChI=1S/C19H21N3O3S/c1-19(2,3)14-8-6-13(7-9-14)17(24)21-22-18(26)20-16(23)11-10-15-5-4-12-25-15/h4-12H,1-3H3,(H,21,24)(H2,20,22,23,26). The third-order valence-electron chi connectivity index (χ3n) is 3.48. The quantitative estimate of drug-likeness (QED) is 0.439. The van der Waals surface area contributed by atoms with Crippen molar-refractivity contribution in [3.8, 4) is 0 Å². The van der Waals surface area contributed by atoms with E-state index >= 15 is 0 Å². The molecule has 0 aliphatic rings. The number of thiocarbonyl (C=S) groups is 1. The molecule has 26 heavy (non-hydrogen) atoms. The first-order valence-electron chi connectivity index (χ1n) is 7.99. The molecule has 0 aliphatic carbocycles. The van der Waals surface area contributed by atoms with Gasteiger partial charge in [-0.05, 0) is 53.5 Å². The minimum absolute atomic E-state index is 0.0150. The molecule has 1 heterocycles. The smallest absolute Gasteiger partial charge is 0.269 e. The summed E-state index contributed by atoms with van der Waals surface area (Å²) in [6, 6.07) is 10.7. The SMILES string of the molecule is CC(C)(C)c1ccc(C(=O)NNC(=S)NC(=O)C=Cc2ccco2)cc1. The number of carbonyl (C=O) groups excluding carboxylic acids is 2. The van der Waals surface area contributed by atoms with E-state index in [0.29, 0.717) is 11.3 Å². The lowest BCUT2D eigenvalue weighted by Crippen LogP contribution is -2.48. The summed E-state index contributed by atoms with van der Waals surface area (Å²) >= 11 is 4.97. The van der Waals surface area contributed by atoms with E-state index in [1.54, 1.807) is 24.3 Å². The van der Waals surface area contributed by atoms with Gasteiger partial charge in [-0.1, -0.05) is 32.9 Å². The summed E-state index contributed by atoms with van der Waals surface area (Å²) < 4.78 is 5.07. The van der Waals surface area contributed by atoms with Crippen LogP contribution in [0.4, 0.5) is 0 Å². The number of nitrogens with one attached hydrogen (secondary N) is 3. The maximum Gasteiger partial charge on any atom is 0.269 e. The lowest BCUT2D eigenvalue weighted by atomic mass is 9.87. The highest BCUT2D eigenvalue weighted by molar-refractivity contribution is 7.80. The number of rotatable bonds is 3. The monoisotopic (exact) mass is 371 g/mol. The Morgan fingerprint density at radius 1 is 1.08 bits per heavy atom. The number of benzene rings is 1. The molecule has 1 aromatic heterocycles. The lowest BCUT2D eigenvalue weighted by Gasteiger charge is -2.19. The van der Waals surface area contributed by atoms with Gasteiger partial charge >= 0.3 is 0 Å². The molecule has 0 unspecified atom stereocenters. The summed E-state index contributed by atoms with van der Waals surface area (Å²) in [6.45, 7) is 6.31. The molecule has 7 heteroatoms. The van der Waals surface area contributed by atoms with Crippen molar-refractivity contribution in [1.82, 2.24) is 16.2 Å². The number of hydrogen-bond acceptors (Lipinski definition) is 4. The predicted molar refractivity (Wildman–Crippen MR) is 104 cm³/mol. The number of carbonyl (C=O) groups is 2. The van der Waals surface area contributed by atoms with Gasteiger partial charge in [-0.3, -0.25) is 25.8 Å². The summed E-state index contributed by atoms with van der Waals surface area (Å²) in [5, 5.41) is 2.40. The van der Waals surface area contributed by atoms with Crippen LogP contribution in [-0.4, -0.2) is 16.9 Å². The molecule has 136 valence electrons. The normalized spacial score (nSPS) is 11.2. The molecule has 3 N–H and O–H groups in total. The zero-order chi connectivity index (χ0) is 19.2. The van der Waals surface area contributed by atoms with Crippen molar-refractivity contribution in [3.05, 3.63) is 65.6 Å². The van der Waals surface area contributed by atoms with E-state index in [2.05, 4.69) is 36.9 Å². The molecular weight excluding hydrogens is 350 g/mol. The first-order chi connectivity index (χ1) is 12.3. The molecule has 0 spiro atoms. The van der Waals surface area contributed by atoms with E-state index in [9.17, 15) is 9.59 Å². The molecule has 2 rings (SSSR count). The van der Waals surface area contributed by atoms with Gasteiger partial charge in [0.15, 0.2) is 5.11 Å². The molecular formula is C19H21N3O3S. The van der Waals surface area contributed by atoms with E-state index in [1.807, 2.05) is 12.1 Å². The molecule has 6 nitrogen and oxygen atoms in total. The highest BCUT2D eigenvalue weighted by Crippen LogP contribution is 2.22. The minimum atomic E-state index is -0.442. The fourth-order valence-corrected chi connectivity index (χ4v) is 2.19. The van der Waals surface area contributed by atoms with Crippen molar-refractivity contribution in [2.24, 2.45) is 0 Å². The largest absolute Gasteiger partial charge is 0.465 e. The zero-order valence-electron chi connectivity index (χ0n) is 14.8. The maximum atomic E-state index is 12.1. The summed E-state index contributed by atoms with van der Waals surface area (Å²) in [5.41, 5.74) is 6.57. The van der Waals surface area contributed by atoms with E-state index in [4.69, 9.17) is 16.6 Å². The van der Waals surface area contributed by atoms with E-state index in [-0.39, 0.29) is 16.4 Å². The van der Waals surface area contributed by atoms with Gasteiger partial charge in [0.25, 0.3) is 5.91 Å². The second kappa shape index (κ2) is 8.44. The summed E-state index contributed by atoms with van der Waals surface area (Å²) in [4.78, 5) is 23.8. The maximum absolute atomic E-state index is 12.1. The van der Waals surface area contributed by atoms with Crippen molar-refractivity contribution >= 4 is 35.2 Å². The summed E-state index contributed by atoms with van der Waals surface area (Å²) in [7, 11) is 0. The zero-order valence-corrected chi connectivity index (χ0v) is 15.6. The van der Waals surface area contributed by atoms with Crippen LogP contribution in [0.25, 0.3) is 6.08 Å². The average molecular weight is 371 g/mol. The van der Waals surface area contributed by atoms with Gasteiger partial charge < -0.3 is 4.42 Å². The van der Waals surface area contributed by atoms with Crippen molar-refractivity contribution < 1.29 is 14.0 Å². The molecule has 0 radical (unpaired) electrons. The van der Waals surface area contributed by atoms with Crippen LogP contribution < -0.4 is 16.2 Å². The fraction of sp³-hybridized carbons (Fsp3) is 0.211. The van der Waals surface area contributed by atoms with E-state index in [1.165, 1.54) is 18.4 Å². The van der Waals surface area contributed by atoms with Crippen LogP contribution in [0.5, 0.6) is 0 Å². The fourth-order valence-electron chi connectivity index (χ4n) is 2.04. The molecule has 0 saturated heterocycles. The molecule has 2 amide bonds. The summed E-state index contributed by atoms with van der Waals surface area (Å²) in [6.07, 6.45) is 4.29. The van der Waals surface area contributed by atoms with Crippen LogP contribution >= 0.6 is 12.2 Å². The van der Waals surface area contributed by atoms with Crippen LogP contribution in [0.2, 0.25) is 0 Å². The van der Waals surface area contributed by atoms with Crippen LogP contribution in [0.15, 0.2) is 53.2 Å². The first-order valence-corrected chi connectivity index (χ1v) is 8.40. The van der Waals surface area contributed by atoms with E-state index in [0.717, 1.165) is 5.56 Å². The van der Waals surface area contributed by atoms with Gasteiger partial charge in [-0.15, -0.1) is 0 Å². The Bertz CT molecular complexity index is 804. The van der Waals surface area contributed by atoms with Crippen molar-refractivity contribution in [1.29, 1.82) is 0 Å². The Labute approximate surface area is 157 Å². The van der Waals surface area contributed by atoms with Crippen molar-refractivity contribution in [3.63, 3.8) is 0 Å². The molecule has 0 bridgehead atoms. The average Bonchev–Trinajstić information content (AvgIpc) is 3.11. The molecule has 0 saturated carbocycles. The van der Waals surface area contributed by atoms with Crippen molar-refractivity contribution in [2.75, 3.05) is 0 Å². The Morgan fingerprint density at radius 3 is 2.35 bits per heavy atom. The van der Waals surface area contributed by atoms with Gasteiger partial charge in [-0.2, -0.15) is 0 Å². The third kappa shape index (κ3) is 5.86. The van der Waals surface area contributed by atoms with E-state index < -0.39 is 5.91 Å². The second-order valence-corrected chi connectivity index (χ2v) is 6.98. The van der Waals surface area contributed by atoms with Gasteiger partial charge in [0, 0.05) is 11.6 Å². The van der Waals surface area contributed by atoms with Crippen LogP contribution in [-0.2, 0) is 10.2 Å². The molecule has 0 aliphatic heterocycles.